The second kappa shape index (κ2) is 4.31. The number of urea groups is 1. The van der Waals surface area contributed by atoms with Crippen LogP contribution >= 0.6 is 0 Å². The van der Waals surface area contributed by atoms with E-state index < -0.39 is 0 Å². The van der Waals surface area contributed by atoms with Gasteiger partial charge in [-0.2, -0.15) is 5.10 Å². The maximum Gasteiger partial charge on any atom is 0.320 e. The number of H-pyrrole nitrogens is 1. The minimum Gasteiger partial charge on any atom is -0.333 e. The number of hydrogen-bond donors (Lipinski definition) is 4. The first-order chi connectivity index (χ1) is 6.92. The van der Waals surface area contributed by atoms with Gasteiger partial charge in [-0.1, -0.05) is 0 Å². The Balaban J connectivity index is 2.59. The van der Waals surface area contributed by atoms with E-state index in [2.05, 4.69) is 20.8 Å². The molecule has 1 aromatic heterocycles. The Hall–Kier alpha value is -1.56. The highest BCUT2D eigenvalue weighted by molar-refractivity contribution is 5.89. The molecule has 6 heteroatoms. The summed E-state index contributed by atoms with van der Waals surface area (Å²) >= 11 is 0. The number of nitrogens with two attached hydrogens (primary N) is 1. The lowest BCUT2D eigenvalue weighted by Crippen LogP contribution is -2.43. The number of carbonyl (C=O) groups is 1. The molecule has 0 fully saturated rings. The molecule has 0 aliphatic rings. The minimum atomic E-state index is -0.276. The SMILES string of the molecule is CC(C)(C)NC(=O)Nc1[nH]ncc1CN. The molecule has 1 heterocycles. The van der Waals surface area contributed by atoms with E-state index in [4.69, 9.17) is 5.73 Å². The molecule has 6 nitrogen and oxygen atoms in total. The van der Waals surface area contributed by atoms with Crippen molar-refractivity contribution in [2.45, 2.75) is 32.9 Å². The smallest absolute Gasteiger partial charge is 0.320 e. The van der Waals surface area contributed by atoms with E-state index in [1.807, 2.05) is 20.8 Å². The molecule has 0 aliphatic heterocycles. The van der Waals surface area contributed by atoms with E-state index in [0.29, 0.717) is 12.4 Å². The average molecular weight is 211 g/mol. The Labute approximate surface area is 88.6 Å². The molecular formula is C9H17N5O. The monoisotopic (exact) mass is 211 g/mol. The fourth-order valence-corrected chi connectivity index (χ4v) is 1.06. The second-order valence-corrected chi connectivity index (χ2v) is 4.30. The summed E-state index contributed by atoms with van der Waals surface area (Å²) in [5.74, 6) is 0.541. The normalized spacial score (nSPS) is 11.2. The summed E-state index contributed by atoms with van der Waals surface area (Å²) in [6.45, 7) is 6.05. The minimum absolute atomic E-state index is 0.271. The highest BCUT2D eigenvalue weighted by atomic mass is 16.2. The van der Waals surface area contributed by atoms with Crippen LogP contribution in [0, 0.1) is 0 Å². The number of amides is 2. The van der Waals surface area contributed by atoms with E-state index in [1.165, 1.54) is 0 Å². The van der Waals surface area contributed by atoms with E-state index in [9.17, 15) is 4.79 Å². The van der Waals surface area contributed by atoms with Crippen molar-refractivity contribution >= 4 is 11.8 Å². The van der Waals surface area contributed by atoms with Crippen LogP contribution in [-0.4, -0.2) is 21.8 Å². The zero-order chi connectivity index (χ0) is 11.5. The number of carbonyl (C=O) groups excluding carboxylic acids is 1. The molecule has 15 heavy (non-hydrogen) atoms. The molecule has 0 bridgehead atoms. The fraction of sp³-hybridized carbons (Fsp3) is 0.556. The van der Waals surface area contributed by atoms with Crippen molar-refractivity contribution in [1.29, 1.82) is 0 Å². The van der Waals surface area contributed by atoms with Gasteiger partial charge in [0.05, 0.1) is 6.20 Å². The van der Waals surface area contributed by atoms with Crippen molar-refractivity contribution in [3.05, 3.63) is 11.8 Å². The van der Waals surface area contributed by atoms with Crippen LogP contribution in [0.2, 0.25) is 0 Å². The van der Waals surface area contributed by atoms with Crippen molar-refractivity contribution < 1.29 is 4.79 Å². The maximum atomic E-state index is 11.5. The van der Waals surface area contributed by atoms with Gasteiger partial charge in [0.25, 0.3) is 0 Å². The second-order valence-electron chi connectivity index (χ2n) is 4.30. The van der Waals surface area contributed by atoms with Crippen LogP contribution in [0.25, 0.3) is 0 Å². The molecule has 0 spiro atoms. The third-order valence-electron chi connectivity index (χ3n) is 1.66. The summed E-state index contributed by atoms with van der Waals surface area (Å²) in [4.78, 5) is 11.5. The first kappa shape index (κ1) is 11.5. The van der Waals surface area contributed by atoms with Gasteiger partial charge in [0, 0.05) is 17.6 Å². The number of rotatable bonds is 2. The Morgan fingerprint density at radius 2 is 2.27 bits per heavy atom. The van der Waals surface area contributed by atoms with Crippen LogP contribution in [0.1, 0.15) is 26.3 Å². The van der Waals surface area contributed by atoms with E-state index in [-0.39, 0.29) is 11.6 Å². The van der Waals surface area contributed by atoms with Crippen LogP contribution in [-0.2, 0) is 6.54 Å². The highest BCUT2D eigenvalue weighted by Gasteiger charge is 2.14. The van der Waals surface area contributed by atoms with Gasteiger partial charge < -0.3 is 11.1 Å². The zero-order valence-electron chi connectivity index (χ0n) is 9.22. The standard InChI is InChI=1S/C9H17N5O/c1-9(2,3)13-8(15)12-7-6(4-10)5-11-14-7/h5H,4,10H2,1-3H3,(H3,11,12,13,14,15). The first-order valence-electron chi connectivity index (χ1n) is 4.74. The summed E-state index contributed by atoms with van der Waals surface area (Å²) in [5.41, 5.74) is 5.97. The van der Waals surface area contributed by atoms with Gasteiger partial charge in [-0.15, -0.1) is 0 Å². The van der Waals surface area contributed by atoms with E-state index in [0.717, 1.165) is 5.56 Å². The van der Waals surface area contributed by atoms with Crippen molar-refractivity contribution in [2.75, 3.05) is 5.32 Å². The van der Waals surface area contributed by atoms with Gasteiger partial charge in [0.2, 0.25) is 0 Å². The predicted molar refractivity (Wildman–Crippen MR) is 58.4 cm³/mol. The molecule has 0 saturated heterocycles. The van der Waals surface area contributed by atoms with Gasteiger partial charge >= 0.3 is 6.03 Å². The van der Waals surface area contributed by atoms with Crippen LogP contribution in [0.15, 0.2) is 6.20 Å². The van der Waals surface area contributed by atoms with E-state index in [1.54, 1.807) is 6.20 Å². The fourth-order valence-electron chi connectivity index (χ4n) is 1.06. The summed E-state index contributed by atoms with van der Waals surface area (Å²) in [6, 6.07) is -0.276. The summed E-state index contributed by atoms with van der Waals surface area (Å²) in [5, 5.41) is 11.9. The van der Waals surface area contributed by atoms with Crippen LogP contribution in [0.4, 0.5) is 10.6 Å². The predicted octanol–water partition coefficient (Wildman–Crippen LogP) is 0.788. The third-order valence-corrected chi connectivity index (χ3v) is 1.66. The molecule has 0 atom stereocenters. The number of anilines is 1. The van der Waals surface area contributed by atoms with Gasteiger partial charge in [-0.05, 0) is 20.8 Å². The van der Waals surface area contributed by atoms with Gasteiger partial charge in [0.15, 0.2) is 0 Å². The molecule has 5 N–H and O–H groups in total. The van der Waals surface area contributed by atoms with Crippen molar-refractivity contribution in [3.8, 4) is 0 Å². The van der Waals surface area contributed by atoms with Crippen molar-refractivity contribution in [1.82, 2.24) is 15.5 Å². The Bertz CT molecular complexity index is 339. The lowest BCUT2D eigenvalue weighted by atomic mass is 10.1. The molecule has 0 radical (unpaired) electrons. The quantitative estimate of drug-likeness (QED) is 0.582. The molecule has 0 saturated carbocycles. The van der Waals surface area contributed by atoms with Crippen LogP contribution < -0.4 is 16.4 Å². The lowest BCUT2D eigenvalue weighted by molar-refractivity contribution is 0.243. The molecule has 0 aromatic carbocycles. The Morgan fingerprint density at radius 1 is 1.60 bits per heavy atom. The molecule has 1 rings (SSSR count). The number of hydrogen-bond acceptors (Lipinski definition) is 3. The van der Waals surface area contributed by atoms with Gasteiger partial charge in [0.1, 0.15) is 5.82 Å². The molecule has 2 amide bonds. The number of nitrogens with one attached hydrogen (secondary N) is 3. The highest BCUT2D eigenvalue weighted by Crippen LogP contribution is 2.09. The number of aromatic amines is 1. The van der Waals surface area contributed by atoms with Crippen LogP contribution in [0.5, 0.6) is 0 Å². The van der Waals surface area contributed by atoms with Crippen LogP contribution in [0.3, 0.4) is 0 Å². The molecule has 84 valence electrons. The zero-order valence-corrected chi connectivity index (χ0v) is 9.22. The third kappa shape index (κ3) is 3.59. The summed E-state index contributed by atoms with van der Waals surface area (Å²) in [7, 11) is 0. The molecule has 0 unspecified atom stereocenters. The molecule has 1 aromatic rings. The average Bonchev–Trinajstić information content (AvgIpc) is 2.48. The summed E-state index contributed by atoms with van der Waals surface area (Å²) in [6.07, 6.45) is 1.59. The molecule has 0 aliphatic carbocycles. The van der Waals surface area contributed by atoms with Gasteiger partial charge in [-0.3, -0.25) is 10.4 Å². The maximum absolute atomic E-state index is 11.5. The number of nitrogens with zero attached hydrogens (tertiary/aromatic N) is 1. The number of aromatic nitrogens is 2. The topological polar surface area (TPSA) is 95.8 Å². The van der Waals surface area contributed by atoms with Gasteiger partial charge in [-0.25, -0.2) is 4.79 Å². The molecular weight excluding hydrogens is 194 g/mol. The largest absolute Gasteiger partial charge is 0.333 e. The Kier molecular flexibility index (Phi) is 3.31. The van der Waals surface area contributed by atoms with E-state index >= 15 is 0 Å². The first-order valence-corrected chi connectivity index (χ1v) is 4.74. The summed E-state index contributed by atoms with van der Waals surface area (Å²) < 4.78 is 0. The Morgan fingerprint density at radius 3 is 2.80 bits per heavy atom. The van der Waals surface area contributed by atoms with Crippen molar-refractivity contribution in [2.24, 2.45) is 5.73 Å². The van der Waals surface area contributed by atoms with Crippen molar-refractivity contribution in [3.63, 3.8) is 0 Å². The lowest BCUT2D eigenvalue weighted by Gasteiger charge is -2.20.